The van der Waals surface area contributed by atoms with E-state index in [4.69, 9.17) is 14.7 Å². The zero-order chi connectivity index (χ0) is 23.0. The van der Waals surface area contributed by atoms with Gasteiger partial charge in [-0.05, 0) is 19.8 Å². The summed E-state index contributed by atoms with van der Waals surface area (Å²) in [4.78, 5) is 38.2. The van der Waals surface area contributed by atoms with E-state index in [1.165, 1.54) is 6.92 Å². The van der Waals surface area contributed by atoms with Crippen molar-refractivity contribution in [2.75, 3.05) is 11.9 Å². The standard InChI is InChI=1S/C18H27FN4O8/c1-10-13(25)14(26)16(31-10)23-9-11(19)15(20-17(23)27)21-18(28)30-8-6-4-2-3-5-7-12(24)22-29/h9-10,13-14,16,25-26,29H,2-8H2,1H3,(H,22,24)(H,20,21,27,28)/t10-,13-,14-,16-/m1/s1. The number of hydroxylamine groups is 1. The first kappa shape index (κ1) is 24.7. The third kappa shape index (κ3) is 6.95. The van der Waals surface area contributed by atoms with Crippen molar-refractivity contribution in [3.8, 4) is 0 Å². The number of halogens is 1. The van der Waals surface area contributed by atoms with Gasteiger partial charge in [-0.1, -0.05) is 19.3 Å². The highest BCUT2D eigenvalue weighted by molar-refractivity contribution is 5.83. The number of ether oxygens (including phenoxy) is 2. The predicted octanol–water partition coefficient (Wildman–Crippen LogP) is 0.416. The number of amides is 2. The number of nitrogens with one attached hydrogen (secondary N) is 2. The molecule has 0 unspecified atom stereocenters. The Morgan fingerprint density at radius 3 is 2.55 bits per heavy atom. The molecule has 13 heteroatoms. The van der Waals surface area contributed by atoms with Crippen LogP contribution in [0.25, 0.3) is 0 Å². The zero-order valence-corrected chi connectivity index (χ0v) is 17.0. The lowest BCUT2D eigenvalue weighted by Gasteiger charge is -2.17. The molecule has 0 bridgehead atoms. The van der Waals surface area contributed by atoms with Crippen LogP contribution in [0.2, 0.25) is 0 Å². The lowest BCUT2D eigenvalue weighted by atomic mass is 10.1. The van der Waals surface area contributed by atoms with Crippen molar-refractivity contribution in [2.24, 2.45) is 0 Å². The van der Waals surface area contributed by atoms with Gasteiger partial charge in [-0.3, -0.25) is 19.9 Å². The summed E-state index contributed by atoms with van der Waals surface area (Å²) in [5.41, 5.74) is 0.566. The number of rotatable bonds is 10. The number of anilines is 1. The molecule has 2 amide bonds. The van der Waals surface area contributed by atoms with Crippen molar-refractivity contribution in [3.05, 3.63) is 22.5 Å². The van der Waals surface area contributed by atoms with E-state index in [-0.39, 0.29) is 13.0 Å². The molecule has 1 aliphatic rings. The van der Waals surface area contributed by atoms with Crippen LogP contribution in [0.1, 0.15) is 51.7 Å². The number of aliphatic hydroxyl groups is 2. The van der Waals surface area contributed by atoms with Crippen LogP contribution in [0.3, 0.4) is 0 Å². The summed E-state index contributed by atoms with van der Waals surface area (Å²) in [7, 11) is 0. The fourth-order valence-corrected chi connectivity index (χ4v) is 3.04. The number of aliphatic hydroxyl groups excluding tert-OH is 2. The minimum Gasteiger partial charge on any atom is -0.449 e. The molecule has 1 fully saturated rings. The first-order chi connectivity index (χ1) is 14.7. The first-order valence-corrected chi connectivity index (χ1v) is 9.91. The van der Waals surface area contributed by atoms with Gasteiger partial charge in [-0.2, -0.15) is 4.98 Å². The van der Waals surface area contributed by atoms with Gasteiger partial charge in [0.15, 0.2) is 17.9 Å². The number of unbranched alkanes of at least 4 members (excludes halogenated alkanes) is 4. The molecular formula is C18H27FN4O8. The Balaban J connectivity index is 1.76. The molecule has 1 aliphatic heterocycles. The lowest BCUT2D eigenvalue weighted by molar-refractivity contribution is -0.129. The normalized spacial score (nSPS) is 22.9. The number of nitrogens with zero attached hydrogens (tertiary/aromatic N) is 2. The molecule has 2 heterocycles. The van der Waals surface area contributed by atoms with Crippen molar-refractivity contribution >= 4 is 17.8 Å². The van der Waals surface area contributed by atoms with Crippen molar-refractivity contribution in [1.29, 1.82) is 0 Å². The number of carbonyl (C=O) groups is 2. The summed E-state index contributed by atoms with van der Waals surface area (Å²) >= 11 is 0. The topological polar surface area (TPSA) is 172 Å². The van der Waals surface area contributed by atoms with Gasteiger partial charge < -0.3 is 19.7 Å². The van der Waals surface area contributed by atoms with Gasteiger partial charge in [-0.15, -0.1) is 0 Å². The summed E-state index contributed by atoms with van der Waals surface area (Å²) in [5, 5.41) is 30.1. The molecule has 31 heavy (non-hydrogen) atoms. The van der Waals surface area contributed by atoms with E-state index in [0.717, 1.165) is 25.5 Å². The van der Waals surface area contributed by atoms with Crippen LogP contribution in [-0.4, -0.2) is 61.9 Å². The minimum atomic E-state index is -1.44. The van der Waals surface area contributed by atoms with E-state index in [2.05, 4.69) is 4.98 Å². The molecule has 0 aromatic carbocycles. The summed E-state index contributed by atoms with van der Waals surface area (Å²) < 4.78 is 25.2. The number of hydrogen-bond acceptors (Lipinski definition) is 9. The molecule has 0 aliphatic carbocycles. The molecular weight excluding hydrogens is 419 g/mol. The third-order valence-corrected chi connectivity index (χ3v) is 4.78. The molecule has 0 spiro atoms. The Morgan fingerprint density at radius 1 is 1.23 bits per heavy atom. The van der Waals surface area contributed by atoms with Gasteiger partial charge in [0, 0.05) is 6.42 Å². The van der Waals surface area contributed by atoms with Gasteiger partial charge in [0.25, 0.3) is 0 Å². The molecule has 4 atom stereocenters. The van der Waals surface area contributed by atoms with Gasteiger partial charge >= 0.3 is 11.8 Å². The van der Waals surface area contributed by atoms with Gasteiger partial charge in [0.1, 0.15) is 12.2 Å². The highest BCUT2D eigenvalue weighted by atomic mass is 19.1. The molecule has 12 nitrogen and oxygen atoms in total. The third-order valence-electron chi connectivity index (χ3n) is 4.78. The smallest absolute Gasteiger partial charge is 0.412 e. The molecule has 1 saturated heterocycles. The second-order valence-electron chi connectivity index (χ2n) is 7.15. The van der Waals surface area contributed by atoms with Crippen molar-refractivity contribution in [2.45, 2.75) is 70.0 Å². The Morgan fingerprint density at radius 2 is 1.90 bits per heavy atom. The summed E-state index contributed by atoms with van der Waals surface area (Å²) in [6.07, 6.45) is -1.27. The van der Waals surface area contributed by atoms with E-state index in [9.17, 15) is 29.0 Å². The van der Waals surface area contributed by atoms with Gasteiger partial charge in [-0.25, -0.2) is 19.5 Å². The minimum absolute atomic E-state index is 0.0690. The molecule has 2 rings (SSSR count). The van der Waals surface area contributed by atoms with Crippen molar-refractivity contribution < 1.29 is 38.9 Å². The number of aromatic nitrogens is 2. The summed E-state index contributed by atoms with van der Waals surface area (Å²) in [5.74, 6) is -2.12. The van der Waals surface area contributed by atoms with E-state index in [0.29, 0.717) is 17.4 Å². The molecule has 1 aromatic rings. The Bertz CT molecular complexity index is 820. The van der Waals surface area contributed by atoms with Crippen molar-refractivity contribution in [1.82, 2.24) is 15.0 Å². The van der Waals surface area contributed by atoms with Crippen LogP contribution in [0.4, 0.5) is 15.0 Å². The highest BCUT2D eigenvalue weighted by Gasteiger charge is 2.42. The number of carbonyl (C=O) groups excluding carboxylic acids is 2. The summed E-state index contributed by atoms with van der Waals surface area (Å²) in [6, 6.07) is 0. The van der Waals surface area contributed by atoms with Crippen LogP contribution in [0.5, 0.6) is 0 Å². The van der Waals surface area contributed by atoms with Gasteiger partial charge in [0.05, 0.1) is 18.9 Å². The second-order valence-corrected chi connectivity index (χ2v) is 7.15. The lowest BCUT2D eigenvalue weighted by Crippen LogP contribution is -2.36. The first-order valence-electron chi connectivity index (χ1n) is 9.91. The molecule has 5 N–H and O–H groups in total. The largest absolute Gasteiger partial charge is 0.449 e. The van der Waals surface area contributed by atoms with Crippen LogP contribution in [0, 0.1) is 5.82 Å². The van der Waals surface area contributed by atoms with E-state index >= 15 is 0 Å². The van der Waals surface area contributed by atoms with Gasteiger partial charge in [0.2, 0.25) is 5.91 Å². The Kier molecular flexibility index (Phi) is 9.30. The van der Waals surface area contributed by atoms with Crippen LogP contribution in [-0.2, 0) is 14.3 Å². The molecule has 0 saturated carbocycles. The average Bonchev–Trinajstić information content (AvgIpc) is 2.99. The molecule has 1 aromatic heterocycles. The monoisotopic (exact) mass is 446 g/mol. The maximum Gasteiger partial charge on any atom is 0.412 e. The van der Waals surface area contributed by atoms with E-state index in [1.54, 1.807) is 5.48 Å². The molecule has 174 valence electrons. The predicted molar refractivity (Wildman–Crippen MR) is 103 cm³/mol. The Labute approximate surface area is 176 Å². The van der Waals surface area contributed by atoms with Crippen LogP contribution < -0.4 is 16.5 Å². The van der Waals surface area contributed by atoms with Crippen molar-refractivity contribution in [3.63, 3.8) is 0 Å². The summed E-state index contributed by atoms with van der Waals surface area (Å²) in [6.45, 7) is 1.56. The average molecular weight is 446 g/mol. The van der Waals surface area contributed by atoms with E-state index in [1.807, 2.05) is 5.32 Å². The van der Waals surface area contributed by atoms with E-state index < -0.39 is 53.9 Å². The Hall–Kier alpha value is -2.61. The quantitative estimate of drug-likeness (QED) is 0.194. The number of hydrogen-bond donors (Lipinski definition) is 5. The highest BCUT2D eigenvalue weighted by Crippen LogP contribution is 2.28. The van der Waals surface area contributed by atoms with Crippen LogP contribution >= 0.6 is 0 Å². The molecule has 0 radical (unpaired) electrons. The van der Waals surface area contributed by atoms with Crippen LogP contribution in [0.15, 0.2) is 11.0 Å². The zero-order valence-electron chi connectivity index (χ0n) is 17.0. The second kappa shape index (κ2) is 11.7. The fraction of sp³-hybridized carbons (Fsp3) is 0.667. The maximum absolute atomic E-state index is 14.3. The maximum atomic E-state index is 14.3. The SMILES string of the molecule is C[C@H]1O[C@@H](n2cc(F)c(NC(=O)OCCCCCCCC(=O)NO)nc2=O)[C@H](O)[C@@H]1O. The fourth-order valence-electron chi connectivity index (χ4n) is 3.04.